The van der Waals surface area contributed by atoms with Gasteiger partial charge < -0.3 is 19.4 Å². The van der Waals surface area contributed by atoms with Gasteiger partial charge in [0.25, 0.3) is 0 Å². The van der Waals surface area contributed by atoms with Crippen molar-refractivity contribution in [3.05, 3.63) is 60.7 Å². The highest BCUT2D eigenvalue weighted by Crippen LogP contribution is 2.29. The van der Waals surface area contributed by atoms with Gasteiger partial charge >= 0.3 is 6.09 Å². The number of rotatable bonds is 8. The summed E-state index contributed by atoms with van der Waals surface area (Å²) in [7, 11) is 0. The molecule has 0 atom stereocenters. The number of nitrogens with one attached hydrogen (secondary N) is 1. The van der Waals surface area contributed by atoms with Gasteiger partial charge in [-0.1, -0.05) is 18.2 Å². The van der Waals surface area contributed by atoms with Crippen molar-refractivity contribution in [2.45, 2.75) is 39.2 Å². The van der Waals surface area contributed by atoms with E-state index in [4.69, 9.17) is 9.47 Å². The number of fused-ring (bicyclic) bond motifs is 3. The van der Waals surface area contributed by atoms with Crippen LogP contribution in [0, 0.1) is 0 Å². The number of nitrogens with zero attached hydrogens (tertiary/aromatic N) is 4. The summed E-state index contributed by atoms with van der Waals surface area (Å²) in [5, 5.41) is 2.33. The zero-order valence-corrected chi connectivity index (χ0v) is 22.6. The fourth-order valence-electron chi connectivity index (χ4n) is 4.80. The number of aromatic amines is 1. The fraction of sp³-hybridized carbons (Fsp3) is 0.433. The van der Waals surface area contributed by atoms with Crippen LogP contribution in [0.3, 0.4) is 0 Å². The average molecular weight is 516 g/mol. The predicted molar refractivity (Wildman–Crippen MR) is 150 cm³/mol. The molecule has 0 saturated carbocycles. The van der Waals surface area contributed by atoms with Crippen LogP contribution in [-0.2, 0) is 15.9 Å². The third kappa shape index (κ3) is 6.49. The number of amides is 1. The molecular weight excluding hydrogens is 478 g/mol. The Kier molecular flexibility index (Phi) is 7.90. The lowest BCUT2D eigenvalue weighted by Gasteiger charge is -2.35. The molecule has 0 radical (unpaired) electrons. The van der Waals surface area contributed by atoms with Gasteiger partial charge in [0.2, 0.25) is 0 Å². The Bertz CT molecular complexity index is 1370. The Morgan fingerprint density at radius 3 is 2.53 bits per heavy atom. The molecule has 1 aliphatic heterocycles. The third-order valence-corrected chi connectivity index (χ3v) is 6.86. The molecule has 1 aliphatic rings. The molecule has 3 aromatic heterocycles. The number of aromatic nitrogens is 3. The Morgan fingerprint density at radius 2 is 1.76 bits per heavy atom. The summed E-state index contributed by atoms with van der Waals surface area (Å²) in [5.41, 5.74) is 5.08. The molecule has 4 heterocycles. The van der Waals surface area contributed by atoms with Crippen LogP contribution in [0.25, 0.3) is 32.9 Å². The lowest BCUT2D eigenvalue weighted by Crippen LogP contribution is -2.50. The lowest BCUT2D eigenvalue weighted by molar-refractivity contribution is 0.0115. The molecule has 0 unspecified atom stereocenters. The Labute approximate surface area is 224 Å². The van der Waals surface area contributed by atoms with Gasteiger partial charge in [-0.3, -0.25) is 14.9 Å². The van der Waals surface area contributed by atoms with Gasteiger partial charge in [0.15, 0.2) is 0 Å². The molecule has 1 saturated heterocycles. The smallest absolute Gasteiger partial charge is 0.410 e. The number of piperazine rings is 1. The summed E-state index contributed by atoms with van der Waals surface area (Å²) in [5.74, 6) is 0. The van der Waals surface area contributed by atoms with E-state index in [2.05, 4.69) is 50.2 Å². The van der Waals surface area contributed by atoms with Crippen LogP contribution in [-0.4, -0.2) is 82.4 Å². The highest BCUT2D eigenvalue weighted by atomic mass is 16.6. The van der Waals surface area contributed by atoms with E-state index in [1.165, 1.54) is 5.39 Å². The standard InChI is InChI=1S/C30H37N5O3/c1-30(2,3)38-29(36)35-14-12-34(13-15-35)16-18-37-17-4-5-24-8-6-23(20-32-24)22-7-9-25-26-21-31-11-10-27(26)33-28(25)19-22/h6-11,19-21,33H,4-5,12-18H2,1-3H3. The summed E-state index contributed by atoms with van der Waals surface area (Å²) in [6.45, 7) is 11.1. The first-order valence-electron chi connectivity index (χ1n) is 13.4. The third-order valence-electron chi connectivity index (χ3n) is 6.86. The van der Waals surface area contributed by atoms with E-state index < -0.39 is 5.60 Å². The first kappa shape index (κ1) is 26.1. The molecule has 1 aromatic carbocycles. The van der Waals surface area contributed by atoms with Crippen molar-refractivity contribution in [1.82, 2.24) is 24.8 Å². The minimum absolute atomic E-state index is 0.219. The van der Waals surface area contributed by atoms with Crippen molar-refractivity contribution in [3.8, 4) is 11.1 Å². The van der Waals surface area contributed by atoms with Crippen LogP contribution in [0.5, 0.6) is 0 Å². The molecule has 1 amide bonds. The zero-order valence-electron chi connectivity index (χ0n) is 22.6. The summed E-state index contributed by atoms with van der Waals surface area (Å²) >= 11 is 0. The van der Waals surface area contributed by atoms with Crippen LogP contribution in [0.4, 0.5) is 4.79 Å². The number of carbonyl (C=O) groups is 1. The van der Waals surface area contributed by atoms with Crippen molar-refractivity contribution in [2.75, 3.05) is 45.9 Å². The minimum atomic E-state index is -0.453. The molecule has 38 heavy (non-hydrogen) atoms. The van der Waals surface area contributed by atoms with Gasteiger partial charge in [0.05, 0.1) is 6.61 Å². The summed E-state index contributed by atoms with van der Waals surface area (Å²) < 4.78 is 11.3. The molecule has 5 rings (SSSR count). The SMILES string of the molecule is CC(C)(C)OC(=O)N1CCN(CCOCCCc2ccc(-c3ccc4c(c3)[nH]c3ccncc34)cn2)CC1. The van der Waals surface area contributed by atoms with Gasteiger partial charge in [-0.2, -0.15) is 0 Å². The Balaban J connectivity index is 1.01. The number of aryl methyl sites for hydroxylation is 1. The van der Waals surface area contributed by atoms with Crippen molar-refractivity contribution in [3.63, 3.8) is 0 Å². The maximum Gasteiger partial charge on any atom is 0.410 e. The summed E-state index contributed by atoms with van der Waals surface area (Å²) in [6, 6.07) is 12.7. The van der Waals surface area contributed by atoms with Crippen LogP contribution >= 0.6 is 0 Å². The van der Waals surface area contributed by atoms with Crippen molar-refractivity contribution in [2.24, 2.45) is 0 Å². The predicted octanol–water partition coefficient (Wildman–Crippen LogP) is 5.28. The van der Waals surface area contributed by atoms with Gasteiger partial charge in [-0.25, -0.2) is 4.79 Å². The van der Waals surface area contributed by atoms with Crippen molar-refractivity contribution < 1.29 is 14.3 Å². The van der Waals surface area contributed by atoms with E-state index in [-0.39, 0.29) is 6.09 Å². The Hall–Kier alpha value is -3.49. The van der Waals surface area contributed by atoms with E-state index in [0.717, 1.165) is 65.7 Å². The van der Waals surface area contributed by atoms with E-state index >= 15 is 0 Å². The summed E-state index contributed by atoms with van der Waals surface area (Å²) in [4.78, 5) is 28.7. The first-order valence-corrected chi connectivity index (χ1v) is 13.4. The maximum absolute atomic E-state index is 12.2. The van der Waals surface area contributed by atoms with Crippen molar-refractivity contribution in [1.29, 1.82) is 0 Å². The normalized spacial score (nSPS) is 14.9. The second kappa shape index (κ2) is 11.5. The Morgan fingerprint density at radius 1 is 0.947 bits per heavy atom. The molecule has 0 spiro atoms. The number of benzene rings is 1. The first-order chi connectivity index (χ1) is 18.4. The topological polar surface area (TPSA) is 83.6 Å². The molecule has 1 N–H and O–H groups in total. The molecule has 0 bridgehead atoms. The van der Waals surface area contributed by atoms with Gasteiger partial charge in [-0.15, -0.1) is 0 Å². The molecule has 8 heteroatoms. The van der Waals surface area contributed by atoms with E-state index in [9.17, 15) is 4.79 Å². The average Bonchev–Trinajstić information content (AvgIpc) is 3.28. The van der Waals surface area contributed by atoms with Gasteiger partial charge in [0.1, 0.15) is 5.60 Å². The maximum atomic E-state index is 12.2. The second-order valence-corrected chi connectivity index (χ2v) is 10.9. The van der Waals surface area contributed by atoms with Crippen LogP contribution in [0.15, 0.2) is 55.0 Å². The van der Waals surface area contributed by atoms with Crippen LogP contribution in [0.1, 0.15) is 32.9 Å². The lowest BCUT2D eigenvalue weighted by atomic mass is 10.0. The van der Waals surface area contributed by atoms with Crippen molar-refractivity contribution >= 4 is 27.9 Å². The largest absolute Gasteiger partial charge is 0.444 e. The number of pyridine rings is 2. The molecule has 1 fully saturated rings. The monoisotopic (exact) mass is 515 g/mol. The number of carbonyl (C=O) groups excluding carboxylic acids is 1. The number of hydrogen-bond acceptors (Lipinski definition) is 6. The quantitative estimate of drug-likeness (QED) is 0.322. The van der Waals surface area contributed by atoms with Crippen LogP contribution < -0.4 is 0 Å². The minimum Gasteiger partial charge on any atom is -0.444 e. The molecular formula is C30H37N5O3. The molecule has 4 aromatic rings. The second-order valence-electron chi connectivity index (χ2n) is 10.9. The number of H-pyrrole nitrogens is 1. The van der Waals surface area contributed by atoms with E-state index in [1.807, 2.05) is 45.4 Å². The van der Waals surface area contributed by atoms with Gasteiger partial charge in [-0.05, 0) is 57.4 Å². The number of ether oxygens (including phenoxy) is 2. The summed E-state index contributed by atoms with van der Waals surface area (Å²) in [6.07, 6.45) is 7.28. The number of hydrogen-bond donors (Lipinski definition) is 1. The van der Waals surface area contributed by atoms with E-state index in [0.29, 0.717) is 26.3 Å². The molecule has 0 aliphatic carbocycles. The van der Waals surface area contributed by atoms with E-state index in [1.54, 1.807) is 4.90 Å². The fourth-order valence-corrected chi connectivity index (χ4v) is 4.80. The van der Waals surface area contributed by atoms with Gasteiger partial charge in [0, 0.05) is 91.0 Å². The molecule has 8 nitrogen and oxygen atoms in total. The highest BCUT2D eigenvalue weighted by Gasteiger charge is 2.25. The van der Waals surface area contributed by atoms with Crippen LogP contribution in [0.2, 0.25) is 0 Å². The molecule has 200 valence electrons. The zero-order chi connectivity index (χ0) is 26.5. The highest BCUT2D eigenvalue weighted by molar-refractivity contribution is 6.07.